The Hall–Kier alpha value is -2.86. The van der Waals surface area contributed by atoms with Crippen molar-refractivity contribution in [1.29, 1.82) is 0 Å². The molecule has 7 atom stereocenters. The zero-order valence-corrected chi connectivity index (χ0v) is 20.4. The predicted octanol–water partition coefficient (Wildman–Crippen LogP) is 1.81. The van der Waals surface area contributed by atoms with Gasteiger partial charge in [-0.3, -0.25) is 4.79 Å². The van der Waals surface area contributed by atoms with Crippen LogP contribution in [0.25, 0.3) is 0 Å². The lowest BCUT2D eigenvalue weighted by molar-refractivity contribution is -0.399. The molecule has 0 bridgehead atoms. The topological polar surface area (TPSA) is 122 Å². The van der Waals surface area contributed by atoms with Crippen LogP contribution < -0.4 is 5.32 Å². The number of ether oxygens (including phenoxy) is 6. The van der Waals surface area contributed by atoms with Crippen molar-refractivity contribution < 1.29 is 43.1 Å². The lowest BCUT2D eigenvalue weighted by atomic mass is 9.91. The van der Waals surface area contributed by atoms with Crippen LogP contribution in [0.3, 0.4) is 0 Å². The van der Waals surface area contributed by atoms with E-state index < -0.39 is 54.6 Å². The maximum atomic E-state index is 12.2. The van der Waals surface area contributed by atoms with Crippen molar-refractivity contribution in [1.82, 2.24) is 5.32 Å². The molecule has 4 rings (SSSR count). The molecule has 10 heteroatoms. The molecule has 2 saturated heterocycles. The molecule has 2 aliphatic rings. The summed E-state index contributed by atoms with van der Waals surface area (Å²) in [6, 6.07) is 18.5. The first-order valence-corrected chi connectivity index (χ1v) is 11.7. The maximum absolute atomic E-state index is 12.2. The summed E-state index contributed by atoms with van der Waals surface area (Å²) in [6.07, 6.45) is -6.16. The van der Waals surface area contributed by atoms with E-state index in [9.17, 15) is 14.7 Å². The van der Waals surface area contributed by atoms with Crippen LogP contribution in [-0.2, 0) is 44.6 Å². The van der Waals surface area contributed by atoms with E-state index in [1.165, 1.54) is 21.0 Å². The number of carbonyl (C=O) groups is 2. The summed E-state index contributed by atoms with van der Waals surface area (Å²) in [4.78, 5) is 24.4. The number of fused-ring (bicyclic) bond motifs is 1. The number of methoxy groups -OCH3 is 1. The van der Waals surface area contributed by atoms with Crippen molar-refractivity contribution in [2.24, 2.45) is 0 Å². The van der Waals surface area contributed by atoms with Gasteiger partial charge in [-0.2, -0.15) is 0 Å². The van der Waals surface area contributed by atoms with Crippen molar-refractivity contribution in [3.05, 3.63) is 71.8 Å². The Morgan fingerprint density at radius 1 is 1.11 bits per heavy atom. The number of nitrogens with one attached hydrogen (secondary N) is 1. The fourth-order valence-electron chi connectivity index (χ4n) is 4.31. The number of esters is 1. The van der Waals surface area contributed by atoms with Crippen LogP contribution in [0.4, 0.5) is 0 Å². The van der Waals surface area contributed by atoms with Gasteiger partial charge in [-0.15, -0.1) is 0 Å². The van der Waals surface area contributed by atoms with Gasteiger partial charge in [0.2, 0.25) is 17.9 Å². The first-order valence-electron chi connectivity index (χ1n) is 11.7. The Labute approximate surface area is 209 Å². The number of carbonyl (C=O) groups excluding carboxylic acids is 2. The zero-order valence-electron chi connectivity index (χ0n) is 20.4. The molecule has 1 unspecified atom stereocenters. The Kier molecular flexibility index (Phi) is 8.35. The summed E-state index contributed by atoms with van der Waals surface area (Å²) in [5, 5.41) is 14.4. The van der Waals surface area contributed by atoms with E-state index in [2.05, 4.69) is 5.32 Å². The van der Waals surface area contributed by atoms with E-state index in [0.717, 1.165) is 11.1 Å². The smallest absolute Gasteiger partial charge is 0.334 e. The minimum Gasteiger partial charge on any atom is -0.467 e. The summed E-state index contributed by atoms with van der Waals surface area (Å²) >= 11 is 0. The SMILES string of the molecule is COC(=O)[C@@H](C)O[C@H]1[C@@H]2OC(c3ccccc3)OC[C@H]2O[C@H](OCc2ccccc2)[C@@]1(O)NC(C)=O. The lowest BCUT2D eigenvalue weighted by Gasteiger charge is -2.53. The molecule has 2 aromatic rings. The van der Waals surface area contributed by atoms with E-state index in [1.807, 2.05) is 60.7 Å². The highest BCUT2D eigenvalue weighted by molar-refractivity contribution is 5.74. The van der Waals surface area contributed by atoms with E-state index in [-0.39, 0.29) is 13.2 Å². The fourth-order valence-corrected chi connectivity index (χ4v) is 4.31. The third kappa shape index (κ3) is 5.75. The van der Waals surface area contributed by atoms with Gasteiger partial charge < -0.3 is 38.8 Å². The van der Waals surface area contributed by atoms with Crippen LogP contribution in [0, 0.1) is 0 Å². The normalized spacial score (nSPS) is 30.6. The molecule has 0 saturated carbocycles. The second-order valence-corrected chi connectivity index (χ2v) is 8.71. The first kappa shape index (κ1) is 26.2. The molecule has 0 radical (unpaired) electrons. The average molecular weight is 502 g/mol. The quantitative estimate of drug-likeness (QED) is 0.412. The number of amides is 1. The second kappa shape index (κ2) is 11.5. The minimum atomic E-state index is -2.21. The molecule has 36 heavy (non-hydrogen) atoms. The molecular weight excluding hydrogens is 470 g/mol. The van der Waals surface area contributed by atoms with Gasteiger partial charge in [0.05, 0.1) is 20.3 Å². The Morgan fingerprint density at radius 3 is 2.42 bits per heavy atom. The molecule has 0 spiro atoms. The molecule has 1 amide bonds. The van der Waals surface area contributed by atoms with Crippen molar-refractivity contribution >= 4 is 11.9 Å². The number of benzene rings is 2. The molecule has 2 aliphatic heterocycles. The minimum absolute atomic E-state index is 0.0818. The summed E-state index contributed by atoms with van der Waals surface area (Å²) in [5.74, 6) is -1.21. The van der Waals surface area contributed by atoms with Crippen LogP contribution >= 0.6 is 0 Å². The van der Waals surface area contributed by atoms with Gasteiger partial charge in [0.15, 0.2) is 12.4 Å². The van der Waals surface area contributed by atoms with Crippen LogP contribution in [-0.4, -0.2) is 67.1 Å². The predicted molar refractivity (Wildman–Crippen MR) is 125 cm³/mol. The Balaban J connectivity index is 1.66. The van der Waals surface area contributed by atoms with Gasteiger partial charge >= 0.3 is 5.97 Å². The molecule has 2 heterocycles. The molecule has 2 N–H and O–H groups in total. The van der Waals surface area contributed by atoms with Gasteiger partial charge in [-0.05, 0) is 12.5 Å². The molecule has 0 aromatic heterocycles. The van der Waals surface area contributed by atoms with Crippen LogP contribution in [0.2, 0.25) is 0 Å². The van der Waals surface area contributed by atoms with Crippen molar-refractivity contribution in [3.63, 3.8) is 0 Å². The van der Waals surface area contributed by atoms with Crippen molar-refractivity contribution in [2.75, 3.05) is 13.7 Å². The van der Waals surface area contributed by atoms with Crippen LogP contribution in [0.5, 0.6) is 0 Å². The van der Waals surface area contributed by atoms with Crippen molar-refractivity contribution in [3.8, 4) is 0 Å². The zero-order chi connectivity index (χ0) is 25.7. The number of hydrogen-bond acceptors (Lipinski definition) is 9. The molecule has 2 aromatic carbocycles. The second-order valence-electron chi connectivity index (χ2n) is 8.71. The molecule has 194 valence electrons. The van der Waals surface area contributed by atoms with Crippen molar-refractivity contribution in [2.45, 2.75) is 63.2 Å². The number of aliphatic hydroxyl groups is 1. The summed E-state index contributed by atoms with van der Waals surface area (Å²) in [5.41, 5.74) is -0.627. The number of hydrogen-bond donors (Lipinski definition) is 2. The molecule has 10 nitrogen and oxygen atoms in total. The van der Waals surface area contributed by atoms with Crippen LogP contribution in [0.1, 0.15) is 31.3 Å². The van der Waals surface area contributed by atoms with E-state index >= 15 is 0 Å². The highest BCUT2D eigenvalue weighted by atomic mass is 16.8. The Bertz CT molecular complexity index is 1020. The average Bonchev–Trinajstić information content (AvgIpc) is 2.89. The maximum Gasteiger partial charge on any atom is 0.334 e. The van der Waals surface area contributed by atoms with Gasteiger partial charge in [0.25, 0.3) is 0 Å². The first-order chi connectivity index (χ1) is 17.3. The fraction of sp³-hybridized carbons (Fsp3) is 0.462. The molecular formula is C26H31NO9. The van der Waals surface area contributed by atoms with E-state index in [1.54, 1.807) is 0 Å². The summed E-state index contributed by atoms with van der Waals surface area (Å²) in [7, 11) is 1.23. The van der Waals surface area contributed by atoms with Crippen LogP contribution in [0.15, 0.2) is 60.7 Å². The summed E-state index contributed by atoms with van der Waals surface area (Å²) < 4.78 is 34.9. The van der Waals surface area contributed by atoms with Gasteiger partial charge in [-0.1, -0.05) is 60.7 Å². The third-order valence-electron chi connectivity index (χ3n) is 6.02. The highest BCUT2D eigenvalue weighted by Gasteiger charge is 2.61. The van der Waals surface area contributed by atoms with Gasteiger partial charge in [0.1, 0.15) is 18.3 Å². The number of rotatable bonds is 8. The third-order valence-corrected chi connectivity index (χ3v) is 6.02. The monoisotopic (exact) mass is 501 g/mol. The Morgan fingerprint density at radius 2 is 1.78 bits per heavy atom. The lowest BCUT2D eigenvalue weighted by Crippen LogP contribution is -2.75. The largest absolute Gasteiger partial charge is 0.467 e. The van der Waals surface area contributed by atoms with Gasteiger partial charge in [0, 0.05) is 12.5 Å². The molecule has 2 fully saturated rings. The molecule has 0 aliphatic carbocycles. The van der Waals surface area contributed by atoms with E-state index in [4.69, 9.17) is 28.4 Å². The van der Waals surface area contributed by atoms with Gasteiger partial charge in [-0.25, -0.2) is 4.79 Å². The highest BCUT2D eigenvalue weighted by Crippen LogP contribution is 2.39. The summed E-state index contributed by atoms with van der Waals surface area (Å²) in [6.45, 7) is 2.91. The standard InChI is InChI=1S/C26H31NO9/c1-16(23(29)31-3)34-22-21-20(15-32-24(36-21)19-12-8-5-9-13-19)35-25(26(22,30)27-17(2)28)33-14-18-10-6-4-7-11-18/h4-13,16,20-22,24-25,30H,14-15H2,1-3H3,(H,27,28)/t16-,20-,21-,22+,24?,25+,26-/m1/s1. The van der Waals surface area contributed by atoms with E-state index in [0.29, 0.717) is 0 Å².